The third-order valence-corrected chi connectivity index (χ3v) is 4.85. The molecule has 1 aliphatic rings. The van der Waals surface area contributed by atoms with Crippen molar-refractivity contribution < 1.29 is 4.79 Å². The second kappa shape index (κ2) is 8.22. The Labute approximate surface area is 168 Å². The van der Waals surface area contributed by atoms with Crippen molar-refractivity contribution in [1.29, 1.82) is 0 Å². The maximum absolute atomic E-state index is 12.3. The van der Waals surface area contributed by atoms with Crippen LogP contribution in [0.15, 0.2) is 53.6 Å². The standard InChI is InChI=1S/C21H22N6O2/c1-15-11-21(29)27(14-22-15)13-20(28)23-17-6-4-5-16(12-17)18-7-8-19(25-24-18)26-9-2-3-10-26/h4-8,11-12,14H,2-3,9-10,13H2,1H3,(H,23,28). The fourth-order valence-electron chi connectivity index (χ4n) is 3.34. The molecule has 0 atom stereocenters. The van der Waals surface area contributed by atoms with Gasteiger partial charge in [0.05, 0.1) is 12.0 Å². The van der Waals surface area contributed by atoms with Gasteiger partial charge in [-0.1, -0.05) is 12.1 Å². The number of hydrogen-bond acceptors (Lipinski definition) is 6. The van der Waals surface area contributed by atoms with Crippen molar-refractivity contribution in [2.75, 3.05) is 23.3 Å². The number of rotatable bonds is 5. The second-order valence-electron chi connectivity index (χ2n) is 7.10. The highest BCUT2D eigenvalue weighted by Crippen LogP contribution is 2.23. The van der Waals surface area contributed by atoms with Crippen molar-refractivity contribution in [2.24, 2.45) is 0 Å². The van der Waals surface area contributed by atoms with Crippen LogP contribution in [-0.2, 0) is 11.3 Å². The van der Waals surface area contributed by atoms with Crippen LogP contribution in [0.1, 0.15) is 18.5 Å². The van der Waals surface area contributed by atoms with Crippen LogP contribution in [0.25, 0.3) is 11.3 Å². The molecule has 0 spiro atoms. The average Bonchev–Trinajstić information content (AvgIpc) is 3.25. The normalized spacial score (nSPS) is 13.5. The van der Waals surface area contributed by atoms with Gasteiger partial charge < -0.3 is 10.2 Å². The van der Waals surface area contributed by atoms with E-state index in [0.717, 1.165) is 30.2 Å². The number of anilines is 2. The van der Waals surface area contributed by atoms with Crippen molar-refractivity contribution in [3.8, 4) is 11.3 Å². The zero-order chi connectivity index (χ0) is 20.2. The highest BCUT2D eigenvalue weighted by atomic mass is 16.2. The molecule has 8 nitrogen and oxygen atoms in total. The van der Waals surface area contributed by atoms with Crippen LogP contribution in [0.3, 0.4) is 0 Å². The zero-order valence-electron chi connectivity index (χ0n) is 16.2. The molecular formula is C21H22N6O2. The second-order valence-corrected chi connectivity index (χ2v) is 7.10. The van der Waals surface area contributed by atoms with E-state index in [9.17, 15) is 9.59 Å². The van der Waals surface area contributed by atoms with Gasteiger partial charge in [0.15, 0.2) is 5.82 Å². The van der Waals surface area contributed by atoms with Crippen molar-refractivity contribution in [3.05, 3.63) is 64.8 Å². The molecule has 0 bridgehead atoms. The molecule has 8 heteroatoms. The minimum Gasteiger partial charge on any atom is -0.355 e. The van der Waals surface area contributed by atoms with Crippen LogP contribution in [0, 0.1) is 6.92 Å². The summed E-state index contributed by atoms with van der Waals surface area (Å²) in [4.78, 5) is 30.5. The van der Waals surface area contributed by atoms with Crippen LogP contribution in [0.5, 0.6) is 0 Å². The Morgan fingerprint density at radius 3 is 2.66 bits per heavy atom. The minimum atomic E-state index is -0.301. The quantitative estimate of drug-likeness (QED) is 0.718. The first kappa shape index (κ1) is 18.8. The lowest BCUT2D eigenvalue weighted by Gasteiger charge is -2.15. The van der Waals surface area contributed by atoms with E-state index in [-0.39, 0.29) is 18.0 Å². The first-order chi connectivity index (χ1) is 14.1. The maximum atomic E-state index is 12.3. The van der Waals surface area contributed by atoms with Gasteiger partial charge in [0.25, 0.3) is 5.56 Å². The lowest BCUT2D eigenvalue weighted by molar-refractivity contribution is -0.116. The molecule has 4 rings (SSSR count). The molecule has 1 fully saturated rings. The minimum absolute atomic E-state index is 0.0965. The zero-order valence-corrected chi connectivity index (χ0v) is 16.2. The number of nitrogens with one attached hydrogen (secondary N) is 1. The van der Waals surface area contributed by atoms with Crippen LogP contribution < -0.4 is 15.8 Å². The third-order valence-electron chi connectivity index (χ3n) is 4.85. The largest absolute Gasteiger partial charge is 0.355 e. The number of amides is 1. The summed E-state index contributed by atoms with van der Waals surface area (Å²) in [6.45, 7) is 3.68. The fraction of sp³-hybridized carbons (Fsp3) is 0.286. The fourth-order valence-corrected chi connectivity index (χ4v) is 3.34. The van der Waals surface area contributed by atoms with Gasteiger partial charge in [0, 0.05) is 36.1 Å². The monoisotopic (exact) mass is 390 g/mol. The average molecular weight is 390 g/mol. The van der Waals surface area contributed by atoms with Gasteiger partial charge in [-0.2, -0.15) is 0 Å². The van der Waals surface area contributed by atoms with Gasteiger partial charge in [-0.25, -0.2) is 4.98 Å². The third kappa shape index (κ3) is 4.48. The number of aromatic nitrogens is 4. The predicted octanol–water partition coefficient (Wildman–Crippen LogP) is 2.25. The topological polar surface area (TPSA) is 93.0 Å². The molecule has 1 aromatic carbocycles. The molecule has 1 N–H and O–H groups in total. The van der Waals surface area contributed by atoms with E-state index in [0.29, 0.717) is 11.4 Å². The van der Waals surface area contributed by atoms with Gasteiger partial charge in [-0.3, -0.25) is 14.2 Å². The van der Waals surface area contributed by atoms with Gasteiger partial charge in [-0.05, 0) is 44.0 Å². The summed E-state index contributed by atoms with van der Waals surface area (Å²) in [6, 6.07) is 12.7. The van der Waals surface area contributed by atoms with Crippen LogP contribution in [0.4, 0.5) is 11.5 Å². The van der Waals surface area contributed by atoms with E-state index in [1.807, 2.05) is 30.3 Å². The van der Waals surface area contributed by atoms with Crippen LogP contribution in [-0.4, -0.2) is 38.7 Å². The lowest BCUT2D eigenvalue weighted by atomic mass is 10.1. The molecule has 0 unspecified atom stereocenters. The number of benzene rings is 1. The molecule has 0 aliphatic carbocycles. The Morgan fingerprint density at radius 2 is 1.93 bits per heavy atom. The highest BCUT2D eigenvalue weighted by molar-refractivity contribution is 5.91. The molecule has 3 heterocycles. The predicted molar refractivity (Wildman–Crippen MR) is 111 cm³/mol. The maximum Gasteiger partial charge on any atom is 0.253 e. The van der Waals surface area contributed by atoms with Crippen molar-refractivity contribution in [2.45, 2.75) is 26.3 Å². The molecule has 1 saturated heterocycles. The molecule has 1 aliphatic heterocycles. The molecular weight excluding hydrogens is 368 g/mol. The molecule has 1 amide bonds. The molecule has 2 aromatic heterocycles. The van der Waals surface area contributed by atoms with E-state index in [4.69, 9.17) is 0 Å². The van der Waals surface area contributed by atoms with E-state index < -0.39 is 0 Å². The Kier molecular flexibility index (Phi) is 5.33. The summed E-state index contributed by atoms with van der Waals surface area (Å²) < 4.78 is 1.27. The van der Waals surface area contributed by atoms with Crippen molar-refractivity contribution >= 4 is 17.4 Å². The van der Waals surface area contributed by atoms with E-state index in [2.05, 4.69) is 25.4 Å². The number of carbonyl (C=O) groups is 1. The molecule has 3 aromatic rings. The molecule has 0 radical (unpaired) electrons. The van der Waals surface area contributed by atoms with Gasteiger partial charge in [0.1, 0.15) is 6.54 Å². The summed E-state index contributed by atoms with van der Waals surface area (Å²) >= 11 is 0. The van der Waals surface area contributed by atoms with Gasteiger partial charge in [0.2, 0.25) is 5.91 Å². The Bertz CT molecular complexity index is 1070. The molecule has 0 saturated carbocycles. The summed E-state index contributed by atoms with van der Waals surface area (Å²) in [6.07, 6.45) is 3.76. The number of carbonyl (C=O) groups excluding carboxylic acids is 1. The Balaban J connectivity index is 1.45. The Morgan fingerprint density at radius 1 is 1.10 bits per heavy atom. The summed E-state index contributed by atoms with van der Waals surface area (Å²) in [5, 5.41) is 11.5. The summed E-state index contributed by atoms with van der Waals surface area (Å²) in [5.41, 5.74) is 2.59. The van der Waals surface area contributed by atoms with E-state index in [1.54, 1.807) is 13.0 Å². The SMILES string of the molecule is Cc1cc(=O)n(CC(=O)Nc2cccc(-c3ccc(N4CCCC4)nn3)c2)cn1. The number of hydrogen-bond donors (Lipinski definition) is 1. The Hall–Kier alpha value is -3.55. The van der Waals surface area contributed by atoms with Crippen molar-refractivity contribution in [1.82, 2.24) is 19.7 Å². The first-order valence-corrected chi connectivity index (χ1v) is 9.60. The smallest absolute Gasteiger partial charge is 0.253 e. The van der Waals surface area contributed by atoms with Crippen LogP contribution >= 0.6 is 0 Å². The van der Waals surface area contributed by atoms with E-state index >= 15 is 0 Å². The van der Waals surface area contributed by atoms with Crippen LogP contribution in [0.2, 0.25) is 0 Å². The first-order valence-electron chi connectivity index (χ1n) is 9.60. The molecule has 148 valence electrons. The van der Waals surface area contributed by atoms with Gasteiger partial charge >= 0.3 is 0 Å². The molecule has 29 heavy (non-hydrogen) atoms. The number of aryl methyl sites for hydroxylation is 1. The summed E-state index contributed by atoms with van der Waals surface area (Å²) in [7, 11) is 0. The summed E-state index contributed by atoms with van der Waals surface area (Å²) in [5.74, 6) is 0.596. The lowest BCUT2D eigenvalue weighted by Crippen LogP contribution is -2.27. The number of nitrogens with zero attached hydrogens (tertiary/aromatic N) is 5. The van der Waals surface area contributed by atoms with Crippen molar-refractivity contribution in [3.63, 3.8) is 0 Å². The highest BCUT2D eigenvalue weighted by Gasteiger charge is 2.14. The van der Waals surface area contributed by atoms with Gasteiger partial charge in [-0.15, -0.1) is 10.2 Å². The van der Waals surface area contributed by atoms with E-state index in [1.165, 1.54) is 29.8 Å².